The molecular weight excluding hydrogens is 1100 g/mol. The maximum Gasteiger partial charge on any atom is 0.159 e. The van der Waals surface area contributed by atoms with Crippen LogP contribution in [0.15, 0.2) is 260 Å². The number of hydrogen-bond donors (Lipinski definition) is 0. The summed E-state index contributed by atoms with van der Waals surface area (Å²) in [5.74, 6) is 0. The summed E-state index contributed by atoms with van der Waals surface area (Å²) < 4.78 is 29.1. The molecule has 0 aliphatic heterocycles. The van der Waals surface area contributed by atoms with E-state index in [9.17, 15) is 0 Å². The lowest BCUT2D eigenvalue weighted by Crippen LogP contribution is -2.11. The van der Waals surface area contributed by atoms with Crippen molar-refractivity contribution in [1.82, 2.24) is 0 Å². The van der Waals surface area contributed by atoms with Crippen LogP contribution in [0.25, 0.3) is 132 Å². The summed E-state index contributed by atoms with van der Waals surface area (Å²) in [6.45, 7) is 17.9. The molecule has 434 valence electrons. The number of fused-ring (bicyclic) bond motifs is 15. The highest BCUT2D eigenvalue weighted by atomic mass is 16.3. The summed E-state index contributed by atoms with van der Waals surface area (Å²) in [6.07, 6.45) is 0. The SMILES string of the molecule is Cc1ccccc1N(c1ccc2cc3c(cc2c1)oc1c(-c2ccccc2)c(-c2ccccc2)c2oc4cc5cc(N(c6ccccc6C)c6cccc7c6oc6c(C(C)(C)C)cccc67)ccc5cc4c2c13)c1cccc2c1oc1c(C(C)(C)C)cccc12. The molecule has 0 fully saturated rings. The Bertz CT molecular complexity index is 5430. The number of aryl methyl sites for hydroxylation is 2. The van der Waals surface area contributed by atoms with Crippen molar-refractivity contribution < 1.29 is 17.7 Å². The van der Waals surface area contributed by atoms with Crippen LogP contribution in [0.1, 0.15) is 63.8 Å². The molecule has 6 nitrogen and oxygen atoms in total. The Morgan fingerprint density at radius 1 is 0.278 bits per heavy atom. The first-order valence-electron chi connectivity index (χ1n) is 31.2. The first kappa shape index (κ1) is 53.4. The van der Waals surface area contributed by atoms with Crippen LogP contribution in [0.3, 0.4) is 0 Å². The summed E-state index contributed by atoms with van der Waals surface area (Å²) >= 11 is 0. The zero-order chi connectivity index (χ0) is 60.9. The second-order valence-corrected chi connectivity index (χ2v) is 26.5. The summed E-state index contributed by atoms with van der Waals surface area (Å²) in [7, 11) is 0. The molecule has 0 N–H and O–H groups in total. The number of hydrogen-bond acceptors (Lipinski definition) is 6. The molecule has 0 radical (unpaired) electrons. The molecule has 90 heavy (non-hydrogen) atoms. The number of rotatable bonds is 8. The quantitative estimate of drug-likeness (QED) is 0.151. The molecule has 6 heteroatoms. The van der Waals surface area contributed by atoms with E-state index < -0.39 is 0 Å². The van der Waals surface area contributed by atoms with Gasteiger partial charge in [0.05, 0.1) is 11.4 Å². The lowest BCUT2D eigenvalue weighted by Gasteiger charge is -2.27. The van der Waals surface area contributed by atoms with Crippen molar-refractivity contribution >= 4 is 143 Å². The van der Waals surface area contributed by atoms with Gasteiger partial charge in [-0.05, 0) is 141 Å². The molecular formula is C84H64N2O4. The number of para-hydroxylation sites is 6. The van der Waals surface area contributed by atoms with Gasteiger partial charge in [-0.1, -0.05) is 211 Å². The summed E-state index contributed by atoms with van der Waals surface area (Å²) in [5, 5.41) is 12.8. The van der Waals surface area contributed by atoms with Gasteiger partial charge in [-0.15, -0.1) is 0 Å². The van der Waals surface area contributed by atoms with Gasteiger partial charge >= 0.3 is 0 Å². The van der Waals surface area contributed by atoms with Crippen LogP contribution < -0.4 is 9.80 Å². The van der Waals surface area contributed by atoms with Gasteiger partial charge < -0.3 is 27.5 Å². The van der Waals surface area contributed by atoms with Crippen LogP contribution in [-0.4, -0.2) is 0 Å². The lowest BCUT2D eigenvalue weighted by atomic mass is 9.86. The molecule has 4 heterocycles. The highest BCUT2D eigenvalue weighted by Crippen LogP contribution is 2.53. The first-order valence-corrected chi connectivity index (χ1v) is 31.2. The molecule has 0 aliphatic carbocycles. The summed E-state index contributed by atoms with van der Waals surface area (Å²) in [6, 6.07) is 87.4. The van der Waals surface area contributed by atoms with Gasteiger partial charge in [0.2, 0.25) is 0 Å². The van der Waals surface area contributed by atoms with Gasteiger partial charge in [0.25, 0.3) is 0 Å². The fourth-order valence-corrected chi connectivity index (χ4v) is 14.4. The average molecular weight is 1170 g/mol. The molecule has 0 amide bonds. The van der Waals surface area contributed by atoms with Gasteiger partial charge in [-0.3, -0.25) is 0 Å². The van der Waals surface area contributed by atoms with Gasteiger partial charge in [0, 0.05) is 88.1 Å². The molecule has 17 aromatic rings. The van der Waals surface area contributed by atoms with Crippen LogP contribution in [0.4, 0.5) is 34.1 Å². The number of nitrogens with zero attached hydrogens (tertiary/aromatic N) is 2. The Labute approximate surface area is 521 Å². The minimum Gasteiger partial charge on any atom is -0.455 e. The van der Waals surface area contributed by atoms with Gasteiger partial charge in [-0.2, -0.15) is 0 Å². The molecule has 17 rings (SSSR count). The molecule has 0 saturated heterocycles. The molecule has 0 unspecified atom stereocenters. The van der Waals surface area contributed by atoms with Crippen molar-refractivity contribution in [3.05, 3.63) is 265 Å². The van der Waals surface area contributed by atoms with E-state index in [-0.39, 0.29) is 10.8 Å². The summed E-state index contributed by atoms with van der Waals surface area (Å²) in [5.41, 5.74) is 21.4. The van der Waals surface area contributed by atoms with Crippen LogP contribution >= 0.6 is 0 Å². The van der Waals surface area contributed by atoms with Crippen LogP contribution in [0.2, 0.25) is 0 Å². The van der Waals surface area contributed by atoms with E-state index in [0.29, 0.717) is 0 Å². The second-order valence-electron chi connectivity index (χ2n) is 26.5. The minimum absolute atomic E-state index is 0.109. The predicted molar refractivity (Wildman–Crippen MR) is 378 cm³/mol. The predicted octanol–water partition coefficient (Wildman–Crippen LogP) is 25.1. The zero-order valence-electron chi connectivity index (χ0n) is 51.6. The molecule has 4 aromatic heterocycles. The van der Waals surface area contributed by atoms with E-state index in [1.165, 1.54) is 11.1 Å². The van der Waals surface area contributed by atoms with Crippen molar-refractivity contribution in [1.29, 1.82) is 0 Å². The highest BCUT2D eigenvalue weighted by molar-refractivity contribution is 6.33. The van der Waals surface area contributed by atoms with Gasteiger partial charge in [-0.25, -0.2) is 0 Å². The van der Waals surface area contributed by atoms with E-state index >= 15 is 0 Å². The standard InChI is InChI=1S/C84H64N2O4/c1-49-23-15-17-35-67(49)85(69-37-21-31-61-59-29-19-33-65(83(3,4)5)77(59)89-79(61)69)57-41-39-53-45-63-71(47-55(53)43-57)87-81-73(51-25-11-9-12-26-51)74(52-27-13-10-14-28-52)82-76(75(63)81)64-46-54-40-42-58(44-56(54)48-72(64)88-82)86(68-36-18-16-24-50(68)2)70-38-22-32-62-60-30-20-34-66(84(6,7)8)78(60)90-80(62)70/h9-48H,1-8H3. The molecule has 0 bridgehead atoms. The van der Waals surface area contributed by atoms with Crippen LogP contribution in [-0.2, 0) is 10.8 Å². The maximum absolute atomic E-state index is 7.47. The largest absolute Gasteiger partial charge is 0.455 e. The van der Waals surface area contributed by atoms with Crippen molar-refractivity contribution in [2.24, 2.45) is 0 Å². The van der Waals surface area contributed by atoms with Crippen LogP contribution in [0.5, 0.6) is 0 Å². The van der Waals surface area contributed by atoms with Gasteiger partial charge in [0.15, 0.2) is 11.2 Å². The fourth-order valence-electron chi connectivity index (χ4n) is 14.4. The molecule has 13 aromatic carbocycles. The minimum atomic E-state index is -0.109. The topological polar surface area (TPSA) is 59.0 Å². The highest BCUT2D eigenvalue weighted by Gasteiger charge is 2.30. The lowest BCUT2D eigenvalue weighted by molar-refractivity contribution is 0.572. The molecule has 0 saturated carbocycles. The van der Waals surface area contributed by atoms with Crippen LogP contribution in [0, 0.1) is 13.8 Å². The smallest absolute Gasteiger partial charge is 0.159 e. The first-order chi connectivity index (χ1) is 43.7. The Hall–Kier alpha value is -10.8. The molecule has 0 atom stereocenters. The Balaban J connectivity index is 0.889. The third-order valence-corrected chi connectivity index (χ3v) is 18.7. The zero-order valence-corrected chi connectivity index (χ0v) is 51.6. The Kier molecular flexibility index (Phi) is 11.8. The van der Waals surface area contributed by atoms with E-state index in [1.54, 1.807) is 0 Å². The molecule has 0 aliphatic rings. The number of benzene rings is 13. The normalized spacial score (nSPS) is 12.4. The molecule has 0 spiro atoms. The fraction of sp³-hybridized carbons (Fsp3) is 0.119. The van der Waals surface area contributed by atoms with E-state index in [2.05, 4.69) is 308 Å². The van der Waals surface area contributed by atoms with E-state index in [0.717, 1.165) is 177 Å². The maximum atomic E-state index is 7.47. The Morgan fingerprint density at radius 3 is 1.04 bits per heavy atom. The summed E-state index contributed by atoms with van der Waals surface area (Å²) in [4.78, 5) is 4.72. The average Bonchev–Trinajstić information content (AvgIpc) is 1.55. The third-order valence-electron chi connectivity index (χ3n) is 18.7. The van der Waals surface area contributed by atoms with Crippen molar-refractivity contribution in [3.63, 3.8) is 0 Å². The monoisotopic (exact) mass is 1160 g/mol. The third kappa shape index (κ3) is 8.24. The van der Waals surface area contributed by atoms with E-state index in [1.807, 2.05) is 0 Å². The van der Waals surface area contributed by atoms with Crippen molar-refractivity contribution in [2.45, 2.75) is 66.2 Å². The second kappa shape index (κ2) is 19.8. The van der Waals surface area contributed by atoms with Crippen molar-refractivity contribution in [3.8, 4) is 22.3 Å². The van der Waals surface area contributed by atoms with E-state index in [4.69, 9.17) is 17.7 Å². The van der Waals surface area contributed by atoms with Gasteiger partial charge in [0.1, 0.15) is 33.5 Å². The number of furan rings is 4. The number of anilines is 6. The van der Waals surface area contributed by atoms with Crippen molar-refractivity contribution in [2.75, 3.05) is 9.80 Å². The Morgan fingerprint density at radius 2 is 0.644 bits per heavy atom.